The van der Waals surface area contributed by atoms with Gasteiger partial charge in [-0.1, -0.05) is 43.7 Å². The van der Waals surface area contributed by atoms with Crippen LogP contribution in [0.4, 0.5) is 0 Å². The van der Waals surface area contributed by atoms with Crippen molar-refractivity contribution in [2.24, 2.45) is 16.6 Å². The van der Waals surface area contributed by atoms with Crippen molar-refractivity contribution in [1.29, 1.82) is 0 Å². The minimum atomic E-state index is 0.0842. The van der Waals surface area contributed by atoms with Gasteiger partial charge in [0.15, 0.2) is 5.96 Å². The van der Waals surface area contributed by atoms with E-state index < -0.39 is 0 Å². The van der Waals surface area contributed by atoms with Crippen molar-refractivity contribution in [3.63, 3.8) is 0 Å². The number of carbonyl (C=O) groups excluding carboxylic acids is 1. The third-order valence-electron chi connectivity index (χ3n) is 4.17. The average Bonchev–Trinajstić information content (AvgIpc) is 2.81. The van der Waals surface area contributed by atoms with Crippen molar-refractivity contribution in [2.45, 2.75) is 32.2 Å². The molecule has 1 heterocycles. The number of unbranched alkanes of at least 4 members (excludes halogenated alkanes) is 1. The maximum absolute atomic E-state index is 12.1. The van der Waals surface area contributed by atoms with Crippen LogP contribution in [0.1, 0.15) is 37.8 Å². The summed E-state index contributed by atoms with van der Waals surface area (Å²) in [6.07, 6.45) is 2.73. The zero-order valence-corrected chi connectivity index (χ0v) is 13.5. The molecule has 1 aliphatic rings. The minimum Gasteiger partial charge on any atom is -0.370 e. The Morgan fingerprint density at radius 2 is 2.14 bits per heavy atom. The number of guanidine groups is 1. The predicted octanol–water partition coefficient (Wildman–Crippen LogP) is 1.91. The molecular formula is C17H26N4O. The second-order valence-electron chi connectivity index (χ2n) is 5.83. The van der Waals surface area contributed by atoms with E-state index >= 15 is 0 Å². The zero-order valence-electron chi connectivity index (χ0n) is 13.5. The van der Waals surface area contributed by atoms with E-state index in [1.807, 2.05) is 30.1 Å². The number of aliphatic imine (C=N–C) groups is 1. The quantitative estimate of drug-likeness (QED) is 0.479. The molecule has 1 aromatic rings. The SMILES string of the molecule is CCCCNC(N)=NCC1CC(=O)N(C)C1c1ccccc1. The predicted molar refractivity (Wildman–Crippen MR) is 89.5 cm³/mol. The number of hydrogen-bond acceptors (Lipinski definition) is 2. The number of amides is 1. The molecule has 2 unspecified atom stereocenters. The number of benzene rings is 1. The summed E-state index contributed by atoms with van der Waals surface area (Å²) in [6, 6.07) is 10.2. The van der Waals surface area contributed by atoms with E-state index in [-0.39, 0.29) is 17.9 Å². The van der Waals surface area contributed by atoms with Gasteiger partial charge >= 0.3 is 0 Å². The maximum atomic E-state index is 12.1. The molecule has 2 rings (SSSR count). The Morgan fingerprint density at radius 3 is 2.82 bits per heavy atom. The van der Waals surface area contributed by atoms with E-state index in [9.17, 15) is 4.79 Å². The Morgan fingerprint density at radius 1 is 1.41 bits per heavy atom. The molecule has 1 amide bonds. The Balaban J connectivity index is 2.02. The first-order valence-corrected chi connectivity index (χ1v) is 7.98. The highest BCUT2D eigenvalue weighted by molar-refractivity contribution is 5.80. The summed E-state index contributed by atoms with van der Waals surface area (Å²) in [5.41, 5.74) is 7.05. The molecule has 2 atom stereocenters. The van der Waals surface area contributed by atoms with Crippen LogP contribution in [0.15, 0.2) is 35.3 Å². The molecule has 1 aliphatic heterocycles. The zero-order chi connectivity index (χ0) is 15.9. The Kier molecular flexibility index (Phi) is 5.81. The smallest absolute Gasteiger partial charge is 0.223 e. The van der Waals surface area contributed by atoms with Crippen molar-refractivity contribution >= 4 is 11.9 Å². The van der Waals surface area contributed by atoms with Crippen molar-refractivity contribution in [2.75, 3.05) is 20.1 Å². The standard InChI is InChI=1S/C17H26N4O/c1-3-4-10-19-17(18)20-12-14-11-15(22)21(2)16(14)13-8-6-5-7-9-13/h5-9,14,16H,3-4,10-12H2,1-2H3,(H3,18,19,20). The second kappa shape index (κ2) is 7.82. The lowest BCUT2D eigenvalue weighted by atomic mass is 9.94. The van der Waals surface area contributed by atoms with Crippen LogP contribution in [0.3, 0.4) is 0 Å². The van der Waals surface area contributed by atoms with Crippen LogP contribution in [0.5, 0.6) is 0 Å². The van der Waals surface area contributed by atoms with Gasteiger partial charge in [-0.2, -0.15) is 0 Å². The van der Waals surface area contributed by atoms with Gasteiger partial charge in [-0.15, -0.1) is 0 Å². The lowest BCUT2D eigenvalue weighted by molar-refractivity contribution is -0.127. The fraction of sp³-hybridized carbons (Fsp3) is 0.529. The Bertz CT molecular complexity index is 515. The monoisotopic (exact) mass is 302 g/mol. The Labute approximate surface area is 132 Å². The number of nitrogens with two attached hydrogens (primary N) is 1. The summed E-state index contributed by atoms with van der Waals surface area (Å²) in [5, 5.41) is 3.11. The maximum Gasteiger partial charge on any atom is 0.223 e. The molecule has 1 aromatic carbocycles. The second-order valence-corrected chi connectivity index (χ2v) is 5.83. The van der Waals surface area contributed by atoms with Gasteiger partial charge in [0.25, 0.3) is 0 Å². The molecule has 0 aliphatic carbocycles. The Hall–Kier alpha value is -2.04. The number of rotatable bonds is 6. The summed E-state index contributed by atoms with van der Waals surface area (Å²) in [5.74, 6) is 0.820. The molecule has 0 radical (unpaired) electrons. The van der Waals surface area contributed by atoms with Crippen LogP contribution in [-0.4, -0.2) is 36.9 Å². The molecule has 1 fully saturated rings. The van der Waals surface area contributed by atoms with Gasteiger partial charge in [0.1, 0.15) is 0 Å². The van der Waals surface area contributed by atoms with Crippen LogP contribution in [-0.2, 0) is 4.79 Å². The molecule has 3 N–H and O–H groups in total. The highest BCUT2D eigenvalue weighted by Gasteiger charge is 2.38. The van der Waals surface area contributed by atoms with Crippen LogP contribution in [0.2, 0.25) is 0 Å². The molecule has 5 heteroatoms. The number of likely N-dealkylation sites (tertiary alicyclic amines) is 1. The van der Waals surface area contributed by atoms with Crippen molar-refractivity contribution in [1.82, 2.24) is 10.2 Å². The van der Waals surface area contributed by atoms with Crippen molar-refractivity contribution in [3.05, 3.63) is 35.9 Å². The first-order chi connectivity index (χ1) is 10.6. The van der Waals surface area contributed by atoms with E-state index in [0.717, 1.165) is 24.9 Å². The van der Waals surface area contributed by atoms with Crippen molar-refractivity contribution < 1.29 is 4.79 Å². The molecule has 0 aromatic heterocycles. The number of carbonyl (C=O) groups is 1. The van der Waals surface area contributed by atoms with Gasteiger partial charge in [-0.05, 0) is 12.0 Å². The van der Waals surface area contributed by atoms with Crippen LogP contribution in [0.25, 0.3) is 0 Å². The van der Waals surface area contributed by atoms with Gasteiger partial charge in [0.05, 0.1) is 6.04 Å². The fourth-order valence-electron chi connectivity index (χ4n) is 2.93. The minimum absolute atomic E-state index is 0.0842. The van der Waals surface area contributed by atoms with Crippen LogP contribution >= 0.6 is 0 Å². The fourth-order valence-corrected chi connectivity index (χ4v) is 2.93. The highest BCUT2D eigenvalue weighted by atomic mass is 16.2. The molecule has 120 valence electrons. The number of nitrogens with one attached hydrogen (secondary N) is 1. The van der Waals surface area contributed by atoms with Crippen LogP contribution in [0, 0.1) is 5.92 Å². The normalized spacial score (nSPS) is 22.2. The van der Waals surface area contributed by atoms with E-state index in [2.05, 4.69) is 29.4 Å². The number of nitrogens with zero attached hydrogens (tertiary/aromatic N) is 2. The molecular weight excluding hydrogens is 276 g/mol. The summed E-state index contributed by atoms with van der Waals surface area (Å²) in [7, 11) is 1.87. The van der Waals surface area contributed by atoms with Crippen LogP contribution < -0.4 is 11.1 Å². The van der Waals surface area contributed by atoms with Crippen molar-refractivity contribution in [3.8, 4) is 0 Å². The van der Waals surface area contributed by atoms with E-state index in [1.54, 1.807) is 0 Å². The molecule has 0 saturated carbocycles. The molecule has 0 spiro atoms. The third-order valence-corrected chi connectivity index (χ3v) is 4.17. The molecule has 22 heavy (non-hydrogen) atoms. The lowest BCUT2D eigenvalue weighted by Gasteiger charge is -2.24. The van der Waals surface area contributed by atoms with E-state index in [0.29, 0.717) is 18.9 Å². The van der Waals surface area contributed by atoms with Gasteiger partial charge in [0.2, 0.25) is 5.91 Å². The summed E-state index contributed by atoms with van der Waals surface area (Å²) in [6.45, 7) is 3.55. The summed E-state index contributed by atoms with van der Waals surface area (Å²) < 4.78 is 0. The summed E-state index contributed by atoms with van der Waals surface area (Å²) >= 11 is 0. The highest BCUT2D eigenvalue weighted by Crippen LogP contribution is 2.36. The molecule has 1 saturated heterocycles. The van der Waals surface area contributed by atoms with Gasteiger partial charge in [-0.25, -0.2) is 0 Å². The molecule has 0 bridgehead atoms. The topological polar surface area (TPSA) is 70.7 Å². The largest absolute Gasteiger partial charge is 0.370 e. The summed E-state index contributed by atoms with van der Waals surface area (Å²) in [4.78, 5) is 18.3. The van der Waals surface area contributed by atoms with E-state index in [1.165, 1.54) is 0 Å². The van der Waals surface area contributed by atoms with E-state index in [4.69, 9.17) is 5.73 Å². The van der Waals surface area contributed by atoms with Gasteiger partial charge in [0, 0.05) is 32.5 Å². The molecule has 5 nitrogen and oxygen atoms in total. The van der Waals surface area contributed by atoms with Gasteiger partial charge < -0.3 is 16.0 Å². The first-order valence-electron chi connectivity index (χ1n) is 7.98. The lowest BCUT2D eigenvalue weighted by Crippen LogP contribution is -2.33. The average molecular weight is 302 g/mol. The van der Waals surface area contributed by atoms with Gasteiger partial charge in [-0.3, -0.25) is 9.79 Å². The third kappa shape index (κ3) is 4.00. The first kappa shape index (κ1) is 16.3. The number of hydrogen-bond donors (Lipinski definition) is 2.